The topological polar surface area (TPSA) is 96.3 Å². The van der Waals surface area contributed by atoms with Crippen LogP contribution in [0.2, 0.25) is 0 Å². The van der Waals surface area contributed by atoms with Crippen LogP contribution in [-0.4, -0.2) is 27.2 Å². The fourth-order valence-corrected chi connectivity index (χ4v) is 2.49. The molecule has 8 heteroatoms. The zero-order chi connectivity index (χ0) is 13.8. The Hall–Kier alpha value is -1.59. The van der Waals surface area contributed by atoms with Crippen molar-refractivity contribution in [3.8, 4) is 6.07 Å². The molecule has 1 N–H and O–H groups in total. The molecular weight excluding hydrogens is 324 g/mol. The van der Waals surface area contributed by atoms with Gasteiger partial charge >= 0.3 is 5.97 Å². The minimum Gasteiger partial charge on any atom is -0.468 e. The molecule has 0 spiro atoms. The van der Waals surface area contributed by atoms with Gasteiger partial charge in [-0.3, -0.25) is 9.52 Å². The summed E-state index contributed by atoms with van der Waals surface area (Å²) in [5, 5.41) is 8.87. The maximum atomic E-state index is 11.6. The van der Waals surface area contributed by atoms with Crippen molar-refractivity contribution in [3.63, 3.8) is 0 Å². The van der Waals surface area contributed by atoms with Crippen LogP contribution in [0.15, 0.2) is 22.7 Å². The lowest BCUT2D eigenvalue weighted by atomic mass is 10.2. The lowest BCUT2D eigenvalue weighted by Crippen LogP contribution is -2.24. The second-order valence-electron chi connectivity index (χ2n) is 3.24. The normalized spacial score (nSPS) is 10.5. The van der Waals surface area contributed by atoms with Crippen LogP contribution in [0.1, 0.15) is 5.56 Å². The number of nitriles is 1. The Morgan fingerprint density at radius 3 is 2.78 bits per heavy atom. The average molecular weight is 333 g/mol. The number of hydrogen-bond donors (Lipinski definition) is 1. The third-order valence-electron chi connectivity index (χ3n) is 1.90. The Bertz CT molecular complexity index is 607. The Morgan fingerprint density at radius 1 is 1.56 bits per heavy atom. The summed E-state index contributed by atoms with van der Waals surface area (Å²) < 4.78 is 30.3. The molecule has 18 heavy (non-hydrogen) atoms. The van der Waals surface area contributed by atoms with Crippen LogP contribution in [-0.2, 0) is 19.6 Å². The van der Waals surface area contributed by atoms with Crippen molar-refractivity contribution in [2.24, 2.45) is 0 Å². The van der Waals surface area contributed by atoms with Crippen molar-refractivity contribution < 1.29 is 17.9 Å². The van der Waals surface area contributed by atoms with Gasteiger partial charge < -0.3 is 4.74 Å². The molecule has 0 aliphatic carbocycles. The minimum atomic E-state index is -3.88. The first-order valence-electron chi connectivity index (χ1n) is 4.65. The van der Waals surface area contributed by atoms with E-state index in [9.17, 15) is 13.2 Å². The Balaban J connectivity index is 2.98. The summed E-state index contributed by atoms with van der Waals surface area (Å²) in [5.41, 5.74) is 0.266. The van der Waals surface area contributed by atoms with Crippen LogP contribution in [0.5, 0.6) is 0 Å². The second kappa shape index (κ2) is 5.84. The Morgan fingerprint density at radius 2 is 2.22 bits per heavy atom. The first-order chi connectivity index (χ1) is 8.38. The van der Waals surface area contributed by atoms with E-state index < -0.39 is 21.7 Å². The number of hydrogen-bond acceptors (Lipinski definition) is 5. The zero-order valence-electron chi connectivity index (χ0n) is 9.31. The quantitative estimate of drug-likeness (QED) is 0.836. The number of nitrogens with zero attached hydrogens (tertiary/aromatic N) is 1. The van der Waals surface area contributed by atoms with E-state index in [0.717, 1.165) is 7.11 Å². The van der Waals surface area contributed by atoms with Gasteiger partial charge in [-0.25, -0.2) is 8.42 Å². The van der Waals surface area contributed by atoms with Crippen LogP contribution < -0.4 is 4.72 Å². The number of carbonyl (C=O) groups is 1. The number of esters is 1. The number of halogens is 1. The molecule has 1 aromatic carbocycles. The van der Waals surface area contributed by atoms with E-state index in [2.05, 4.69) is 25.4 Å². The van der Waals surface area contributed by atoms with Gasteiger partial charge in [-0.1, -0.05) is 15.9 Å². The van der Waals surface area contributed by atoms with Crippen molar-refractivity contribution in [1.82, 2.24) is 0 Å². The molecular formula is C10H9BrN2O4S. The summed E-state index contributed by atoms with van der Waals surface area (Å²) in [6, 6.07) is 6.33. The molecule has 0 aliphatic heterocycles. The molecule has 0 unspecified atom stereocenters. The van der Waals surface area contributed by atoms with Crippen LogP contribution in [0.3, 0.4) is 0 Å². The molecule has 6 nitrogen and oxygen atoms in total. The highest BCUT2D eigenvalue weighted by atomic mass is 79.9. The van der Waals surface area contributed by atoms with E-state index in [0.29, 0.717) is 4.47 Å². The summed E-state index contributed by atoms with van der Waals surface area (Å²) in [6.07, 6.45) is 0. The van der Waals surface area contributed by atoms with Gasteiger partial charge in [0.15, 0.2) is 5.75 Å². The summed E-state index contributed by atoms with van der Waals surface area (Å²) in [4.78, 5) is 10.9. The summed E-state index contributed by atoms with van der Waals surface area (Å²) in [6.45, 7) is 0. The summed E-state index contributed by atoms with van der Waals surface area (Å²) in [7, 11) is -2.79. The zero-order valence-corrected chi connectivity index (χ0v) is 11.7. The molecule has 0 radical (unpaired) electrons. The summed E-state index contributed by atoms with van der Waals surface area (Å²) in [5.74, 6) is -1.68. The maximum absolute atomic E-state index is 11.6. The van der Waals surface area contributed by atoms with E-state index in [1.54, 1.807) is 6.07 Å². The lowest BCUT2D eigenvalue weighted by Gasteiger charge is -2.08. The van der Waals surface area contributed by atoms with Gasteiger partial charge in [0.05, 0.1) is 18.4 Å². The number of rotatable bonds is 4. The number of carbonyl (C=O) groups excluding carboxylic acids is 1. The number of benzene rings is 1. The number of nitrogens with one attached hydrogen (secondary N) is 1. The highest BCUT2D eigenvalue weighted by Gasteiger charge is 2.18. The molecule has 0 saturated carbocycles. The van der Waals surface area contributed by atoms with E-state index in [1.165, 1.54) is 12.1 Å². The standard InChI is InChI=1S/C10H9BrN2O4S/c1-17-10(14)6-18(15,16)13-9-3-2-8(11)4-7(9)5-12/h2-4,13H,6H2,1H3. The van der Waals surface area contributed by atoms with Gasteiger partial charge in [-0.15, -0.1) is 0 Å². The van der Waals surface area contributed by atoms with Crippen molar-refractivity contribution in [2.75, 3.05) is 17.6 Å². The van der Waals surface area contributed by atoms with Crippen molar-refractivity contribution in [1.29, 1.82) is 5.26 Å². The molecule has 0 saturated heterocycles. The van der Waals surface area contributed by atoms with Crippen LogP contribution in [0, 0.1) is 11.3 Å². The van der Waals surface area contributed by atoms with E-state index in [4.69, 9.17) is 5.26 Å². The third kappa shape index (κ3) is 4.01. The minimum absolute atomic E-state index is 0.115. The van der Waals surface area contributed by atoms with Crippen molar-refractivity contribution >= 4 is 37.6 Å². The largest absolute Gasteiger partial charge is 0.468 e. The van der Waals surface area contributed by atoms with Crippen LogP contribution >= 0.6 is 15.9 Å². The number of ether oxygens (including phenoxy) is 1. The molecule has 1 aromatic rings. The fourth-order valence-electron chi connectivity index (χ4n) is 1.12. The van der Waals surface area contributed by atoms with Gasteiger partial charge in [-0.2, -0.15) is 5.26 Å². The predicted octanol–water partition coefficient (Wildman–Crippen LogP) is 1.24. The SMILES string of the molecule is COC(=O)CS(=O)(=O)Nc1ccc(Br)cc1C#N. The van der Waals surface area contributed by atoms with Gasteiger partial charge in [0.25, 0.3) is 0 Å². The monoisotopic (exact) mass is 332 g/mol. The van der Waals surface area contributed by atoms with Gasteiger partial charge in [-0.05, 0) is 18.2 Å². The molecule has 0 amide bonds. The highest BCUT2D eigenvalue weighted by molar-refractivity contribution is 9.10. The molecule has 0 heterocycles. The van der Waals surface area contributed by atoms with Crippen molar-refractivity contribution in [3.05, 3.63) is 28.2 Å². The Kier molecular flexibility index (Phi) is 4.69. The van der Waals surface area contributed by atoms with Gasteiger partial charge in [0.2, 0.25) is 10.0 Å². The number of anilines is 1. The second-order valence-corrected chi connectivity index (χ2v) is 5.88. The molecule has 0 bridgehead atoms. The predicted molar refractivity (Wildman–Crippen MR) is 68.3 cm³/mol. The Labute approximate surface area is 113 Å². The smallest absolute Gasteiger partial charge is 0.322 e. The number of sulfonamides is 1. The first kappa shape index (κ1) is 14.5. The molecule has 0 atom stereocenters. The van der Waals surface area contributed by atoms with E-state index in [1.807, 2.05) is 6.07 Å². The highest BCUT2D eigenvalue weighted by Crippen LogP contribution is 2.21. The molecule has 96 valence electrons. The lowest BCUT2D eigenvalue weighted by molar-refractivity contribution is -0.137. The fraction of sp³-hybridized carbons (Fsp3) is 0.200. The third-order valence-corrected chi connectivity index (χ3v) is 3.54. The van der Waals surface area contributed by atoms with Crippen LogP contribution in [0.4, 0.5) is 5.69 Å². The van der Waals surface area contributed by atoms with Gasteiger partial charge in [0.1, 0.15) is 6.07 Å². The van der Waals surface area contributed by atoms with Gasteiger partial charge in [0, 0.05) is 4.47 Å². The van der Waals surface area contributed by atoms with Crippen LogP contribution in [0.25, 0.3) is 0 Å². The van der Waals surface area contributed by atoms with E-state index in [-0.39, 0.29) is 11.3 Å². The molecule has 0 aliphatic rings. The van der Waals surface area contributed by atoms with E-state index >= 15 is 0 Å². The first-order valence-corrected chi connectivity index (χ1v) is 7.09. The summed E-state index contributed by atoms with van der Waals surface area (Å²) >= 11 is 3.17. The number of methoxy groups -OCH3 is 1. The molecule has 0 fully saturated rings. The molecule has 1 rings (SSSR count). The molecule has 0 aromatic heterocycles. The maximum Gasteiger partial charge on any atom is 0.322 e. The van der Waals surface area contributed by atoms with Crippen molar-refractivity contribution in [2.45, 2.75) is 0 Å². The average Bonchev–Trinajstić information content (AvgIpc) is 2.30.